The van der Waals surface area contributed by atoms with E-state index in [1.54, 1.807) is 42.5 Å². The van der Waals surface area contributed by atoms with E-state index in [2.05, 4.69) is 5.32 Å². The summed E-state index contributed by atoms with van der Waals surface area (Å²) in [6.07, 6.45) is 0.0576. The van der Waals surface area contributed by atoms with Crippen molar-refractivity contribution in [2.24, 2.45) is 0 Å². The third-order valence-corrected chi connectivity index (χ3v) is 4.32. The molecule has 0 aliphatic carbocycles. The highest BCUT2D eigenvalue weighted by Crippen LogP contribution is 2.28. The molecule has 0 saturated carbocycles. The van der Waals surface area contributed by atoms with Gasteiger partial charge in [0.2, 0.25) is 5.60 Å². The minimum Gasteiger partial charge on any atom is -0.372 e. The van der Waals surface area contributed by atoms with Gasteiger partial charge in [-0.25, -0.2) is 0 Å². The van der Waals surface area contributed by atoms with Gasteiger partial charge in [-0.3, -0.25) is 9.59 Å². The normalized spacial score (nSPS) is 20.2. The third kappa shape index (κ3) is 3.13. The Bertz CT molecular complexity index is 766. The van der Waals surface area contributed by atoms with E-state index in [1.807, 2.05) is 12.1 Å². The fourth-order valence-corrected chi connectivity index (χ4v) is 2.96. The van der Waals surface area contributed by atoms with Crippen LogP contribution in [-0.4, -0.2) is 29.1 Å². The van der Waals surface area contributed by atoms with Crippen LogP contribution in [0, 0.1) is 0 Å². The average molecular weight is 345 g/mol. The number of para-hydroxylation sites is 1. The van der Waals surface area contributed by atoms with Crippen LogP contribution in [0.3, 0.4) is 0 Å². The first-order valence-electron chi connectivity index (χ1n) is 7.63. The molecule has 2 aromatic carbocycles. The highest BCUT2D eigenvalue weighted by molar-refractivity contribution is 6.30. The van der Waals surface area contributed by atoms with E-state index in [1.165, 1.54) is 4.90 Å². The van der Waals surface area contributed by atoms with E-state index in [-0.39, 0.29) is 13.0 Å². The number of carbonyl (C=O) groups is 2. The predicted octanol–water partition coefficient (Wildman–Crippen LogP) is 2.12. The number of aliphatic hydroxyl groups is 1. The molecular weight excluding hydrogens is 328 g/mol. The van der Waals surface area contributed by atoms with Crippen molar-refractivity contribution in [2.45, 2.75) is 18.6 Å². The Labute approximate surface area is 144 Å². The number of carbonyl (C=O) groups excluding carboxylic acids is 2. The number of hydrogen-bond acceptors (Lipinski definition) is 3. The maximum absolute atomic E-state index is 12.5. The number of halogens is 1. The Morgan fingerprint density at radius 2 is 1.96 bits per heavy atom. The van der Waals surface area contributed by atoms with Gasteiger partial charge in [-0.05, 0) is 29.8 Å². The molecular formula is C18H17ClN2O3. The lowest BCUT2D eigenvalue weighted by Crippen LogP contribution is -2.52. The van der Waals surface area contributed by atoms with Gasteiger partial charge in [-0.1, -0.05) is 41.9 Å². The molecule has 3 rings (SSSR count). The van der Waals surface area contributed by atoms with Gasteiger partial charge in [0.05, 0.1) is 0 Å². The molecule has 0 radical (unpaired) electrons. The first kappa shape index (κ1) is 16.5. The first-order valence-corrected chi connectivity index (χ1v) is 8.00. The van der Waals surface area contributed by atoms with Crippen molar-refractivity contribution in [3.8, 4) is 0 Å². The van der Waals surface area contributed by atoms with E-state index in [4.69, 9.17) is 11.6 Å². The van der Waals surface area contributed by atoms with Crippen LogP contribution in [0.15, 0.2) is 54.6 Å². The van der Waals surface area contributed by atoms with Crippen molar-refractivity contribution in [1.29, 1.82) is 0 Å². The summed E-state index contributed by atoms with van der Waals surface area (Å²) in [7, 11) is 0. The lowest BCUT2D eigenvalue weighted by molar-refractivity contribution is -0.149. The molecule has 1 saturated heterocycles. The predicted molar refractivity (Wildman–Crippen MR) is 91.7 cm³/mol. The van der Waals surface area contributed by atoms with Gasteiger partial charge in [0, 0.05) is 30.2 Å². The number of benzene rings is 2. The Balaban J connectivity index is 1.69. The molecule has 0 unspecified atom stereocenters. The Morgan fingerprint density at radius 3 is 2.67 bits per heavy atom. The van der Waals surface area contributed by atoms with Crippen molar-refractivity contribution in [3.05, 3.63) is 65.2 Å². The molecule has 5 nitrogen and oxygen atoms in total. The van der Waals surface area contributed by atoms with Gasteiger partial charge >= 0.3 is 0 Å². The molecule has 24 heavy (non-hydrogen) atoms. The Hall–Kier alpha value is -2.37. The van der Waals surface area contributed by atoms with Gasteiger partial charge in [-0.15, -0.1) is 0 Å². The topological polar surface area (TPSA) is 69.6 Å². The molecule has 0 bridgehead atoms. The number of anilines is 1. The van der Waals surface area contributed by atoms with Crippen LogP contribution in [0.4, 0.5) is 5.69 Å². The summed E-state index contributed by atoms with van der Waals surface area (Å²) in [5.41, 5.74) is -0.570. The summed E-state index contributed by atoms with van der Waals surface area (Å²) in [5.74, 6) is -1.29. The average Bonchev–Trinajstić information content (AvgIpc) is 2.90. The van der Waals surface area contributed by atoms with Crippen LogP contribution >= 0.6 is 11.6 Å². The maximum Gasteiger partial charge on any atom is 0.268 e. The van der Waals surface area contributed by atoms with Gasteiger partial charge in [0.25, 0.3) is 11.8 Å². The standard InChI is InChI=1S/C18H17ClN2O3/c19-14-6-4-5-13(11-14)12-20-16(22)18(24)9-10-21(17(18)23)15-7-2-1-3-8-15/h1-8,11,24H,9-10,12H2,(H,20,22)/t18-/m0/s1. The highest BCUT2D eigenvalue weighted by atomic mass is 35.5. The van der Waals surface area contributed by atoms with Crippen molar-refractivity contribution >= 4 is 29.1 Å². The molecule has 2 N–H and O–H groups in total. The monoisotopic (exact) mass is 344 g/mol. The first-order chi connectivity index (χ1) is 11.5. The number of rotatable bonds is 4. The zero-order chi connectivity index (χ0) is 17.2. The minimum absolute atomic E-state index is 0.0576. The molecule has 6 heteroatoms. The molecule has 2 aromatic rings. The largest absolute Gasteiger partial charge is 0.372 e. The van der Waals surface area contributed by atoms with Crippen molar-refractivity contribution in [2.75, 3.05) is 11.4 Å². The molecule has 124 valence electrons. The highest BCUT2D eigenvalue weighted by Gasteiger charge is 2.51. The third-order valence-electron chi connectivity index (χ3n) is 4.08. The Kier molecular flexibility index (Phi) is 4.55. The Morgan fingerprint density at radius 1 is 1.21 bits per heavy atom. The van der Waals surface area contributed by atoms with E-state index in [0.717, 1.165) is 5.56 Å². The van der Waals surface area contributed by atoms with Crippen LogP contribution in [-0.2, 0) is 16.1 Å². The number of amides is 2. The fraction of sp³-hybridized carbons (Fsp3) is 0.222. The summed E-state index contributed by atoms with van der Waals surface area (Å²) < 4.78 is 0. The second-order valence-electron chi connectivity index (χ2n) is 5.72. The molecule has 1 fully saturated rings. The van der Waals surface area contributed by atoms with Crippen LogP contribution in [0.5, 0.6) is 0 Å². The van der Waals surface area contributed by atoms with Crippen molar-refractivity contribution < 1.29 is 14.7 Å². The van der Waals surface area contributed by atoms with Gasteiger partial charge in [0.1, 0.15) is 0 Å². The van der Waals surface area contributed by atoms with Crippen molar-refractivity contribution in [3.63, 3.8) is 0 Å². The molecule has 1 heterocycles. The van der Waals surface area contributed by atoms with Gasteiger partial charge < -0.3 is 15.3 Å². The summed E-state index contributed by atoms with van der Waals surface area (Å²) in [5, 5.41) is 13.7. The van der Waals surface area contributed by atoms with Crippen LogP contribution < -0.4 is 10.2 Å². The second-order valence-corrected chi connectivity index (χ2v) is 6.15. The van der Waals surface area contributed by atoms with Crippen LogP contribution in [0.2, 0.25) is 5.02 Å². The quantitative estimate of drug-likeness (QED) is 0.835. The van der Waals surface area contributed by atoms with E-state index < -0.39 is 17.4 Å². The lowest BCUT2D eigenvalue weighted by atomic mass is 10.0. The number of nitrogens with zero attached hydrogens (tertiary/aromatic N) is 1. The fourth-order valence-electron chi connectivity index (χ4n) is 2.75. The zero-order valence-corrected chi connectivity index (χ0v) is 13.7. The van der Waals surface area contributed by atoms with Gasteiger partial charge in [0.15, 0.2) is 0 Å². The van der Waals surface area contributed by atoms with E-state index >= 15 is 0 Å². The van der Waals surface area contributed by atoms with E-state index in [0.29, 0.717) is 17.3 Å². The zero-order valence-electron chi connectivity index (χ0n) is 12.9. The molecule has 1 aliphatic rings. The van der Waals surface area contributed by atoms with Crippen LogP contribution in [0.25, 0.3) is 0 Å². The number of hydrogen-bond donors (Lipinski definition) is 2. The van der Waals surface area contributed by atoms with E-state index in [9.17, 15) is 14.7 Å². The van der Waals surface area contributed by atoms with Crippen LogP contribution in [0.1, 0.15) is 12.0 Å². The van der Waals surface area contributed by atoms with Gasteiger partial charge in [-0.2, -0.15) is 0 Å². The second kappa shape index (κ2) is 6.63. The lowest BCUT2D eigenvalue weighted by Gasteiger charge is -2.21. The summed E-state index contributed by atoms with van der Waals surface area (Å²) in [6.45, 7) is 0.490. The molecule has 1 aliphatic heterocycles. The smallest absolute Gasteiger partial charge is 0.268 e. The SMILES string of the molecule is O=C(NCc1cccc(Cl)c1)[C@@]1(O)CCN(c2ccccc2)C1=O. The molecule has 1 atom stereocenters. The van der Waals surface area contributed by atoms with Crippen molar-refractivity contribution in [1.82, 2.24) is 5.32 Å². The summed E-state index contributed by atoms with van der Waals surface area (Å²) >= 11 is 5.90. The molecule has 0 aromatic heterocycles. The molecule has 2 amide bonds. The summed E-state index contributed by atoms with van der Waals surface area (Å²) in [6, 6.07) is 16.0. The molecule has 0 spiro atoms. The minimum atomic E-state index is -2.03. The summed E-state index contributed by atoms with van der Waals surface area (Å²) in [4.78, 5) is 26.3. The maximum atomic E-state index is 12.5. The number of nitrogens with one attached hydrogen (secondary N) is 1.